The molecule has 4 rings (SSSR count). The first-order valence-electron chi connectivity index (χ1n) is 7.98. The number of ether oxygens (including phenoxy) is 1. The van der Waals surface area contributed by atoms with E-state index >= 15 is 0 Å². The first-order chi connectivity index (χ1) is 12.1. The van der Waals surface area contributed by atoms with Gasteiger partial charge in [0.2, 0.25) is 0 Å². The molecule has 1 unspecified atom stereocenters. The summed E-state index contributed by atoms with van der Waals surface area (Å²) < 4.78 is 5.33. The van der Waals surface area contributed by atoms with Gasteiger partial charge in [-0.1, -0.05) is 36.4 Å². The van der Waals surface area contributed by atoms with Crippen molar-refractivity contribution < 1.29 is 19.4 Å². The number of benzene rings is 2. The summed E-state index contributed by atoms with van der Waals surface area (Å²) in [6.07, 6.45) is -0.415. The van der Waals surface area contributed by atoms with Crippen molar-refractivity contribution in [2.45, 2.75) is 19.0 Å². The lowest BCUT2D eigenvalue weighted by Gasteiger charge is -2.32. The van der Waals surface area contributed by atoms with Crippen LogP contribution >= 0.6 is 0 Å². The molecule has 1 aromatic heterocycles. The Hall–Kier alpha value is -3.28. The number of aliphatic carboxylic acids is 1. The zero-order valence-corrected chi connectivity index (χ0v) is 13.3. The molecule has 0 saturated heterocycles. The highest BCUT2D eigenvalue weighted by Crippen LogP contribution is 2.30. The minimum absolute atomic E-state index is 0.173. The third kappa shape index (κ3) is 2.71. The van der Waals surface area contributed by atoms with Gasteiger partial charge in [0.15, 0.2) is 0 Å². The van der Waals surface area contributed by atoms with Gasteiger partial charge in [-0.2, -0.15) is 0 Å². The molecule has 6 heteroatoms. The number of aromatic nitrogens is 1. The number of rotatable bonds is 2. The maximum atomic E-state index is 12.5. The van der Waals surface area contributed by atoms with Gasteiger partial charge in [-0.3, -0.25) is 4.90 Å². The second kappa shape index (κ2) is 5.98. The molecule has 0 spiro atoms. The zero-order chi connectivity index (χ0) is 17.4. The van der Waals surface area contributed by atoms with Crippen molar-refractivity contribution in [3.05, 3.63) is 65.9 Å². The van der Waals surface area contributed by atoms with Crippen LogP contribution in [0, 0.1) is 0 Å². The Morgan fingerprint density at radius 1 is 1.08 bits per heavy atom. The summed E-state index contributed by atoms with van der Waals surface area (Å²) in [6.45, 7) is 0.173. The molecule has 2 aromatic carbocycles. The van der Waals surface area contributed by atoms with Gasteiger partial charge in [-0.25, -0.2) is 9.59 Å². The first-order valence-corrected chi connectivity index (χ1v) is 7.98. The monoisotopic (exact) mass is 336 g/mol. The number of aromatic amines is 1. The van der Waals surface area contributed by atoms with Crippen LogP contribution in [0.3, 0.4) is 0 Å². The van der Waals surface area contributed by atoms with Crippen molar-refractivity contribution >= 4 is 23.0 Å². The van der Waals surface area contributed by atoms with Crippen molar-refractivity contribution in [3.8, 4) is 5.75 Å². The molecule has 1 atom stereocenters. The Balaban J connectivity index is 1.67. The van der Waals surface area contributed by atoms with Crippen LogP contribution < -0.4 is 4.74 Å². The standard InChI is InChI=1S/C19H16N2O4/c22-18(23)17-10-14-13-8-4-5-9-15(13)20-16(14)11-21(17)19(24)25-12-6-2-1-3-7-12/h1-9,17,20H,10-11H2,(H,22,23). The molecule has 1 aliphatic rings. The number of carboxylic acid groups (broad SMARTS) is 1. The zero-order valence-electron chi connectivity index (χ0n) is 13.3. The molecule has 0 saturated carbocycles. The number of hydrogen-bond acceptors (Lipinski definition) is 3. The van der Waals surface area contributed by atoms with E-state index in [1.165, 1.54) is 4.90 Å². The smallest absolute Gasteiger partial charge is 0.416 e. The minimum atomic E-state index is -1.04. The van der Waals surface area contributed by atoms with Crippen LogP contribution in [0.5, 0.6) is 5.75 Å². The molecule has 0 fully saturated rings. The number of amides is 1. The van der Waals surface area contributed by atoms with E-state index in [2.05, 4.69) is 4.98 Å². The van der Waals surface area contributed by atoms with E-state index in [0.29, 0.717) is 5.75 Å². The number of nitrogens with one attached hydrogen (secondary N) is 1. The van der Waals surface area contributed by atoms with Crippen molar-refractivity contribution in [2.24, 2.45) is 0 Å². The number of fused-ring (bicyclic) bond motifs is 3. The average Bonchev–Trinajstić information content (AvgIpc) is 2.99. The third-order valence-corrected chi connectivity index (χ3v) is 4.47. The number of nitrogens with zero attached hydrogens (tertiary/aromatic N) is 1. The molecule has 25 heavy (non-hydrogen) atoms. The quantitative estimate of drug-likeness (QED) is 0.753. The molecular formula is C19H16N2O4. The molecule has 2 heterocycles. The van der Waals surface area contributed by atoms with Gasteiger partial charge >= 0.3 is 12.1 Å². The number of carboxylic acids is 1. The van der Waals surface area contributed by atoms with E-state index in [0.717, 1.165) is 22.2 Å². The fourth-order valence-corrected chi connectivity index (χ4v) is 3.27. The second-order valence-corrected chi connectivity index (χ2v) is 5.99. The van der Waals surface area contributed by atoms with Gasteiger partial charge in [0.25, 0.3) is 0 Å². The summed E-state index contributed by atoms with van der Waals surface area (Å²) in [6, 6.07) is 15.4. The molecule has 2 N–H and O–H groups in total. The molecule has 0 bridgehead atoms. The third-order valence-electron chi connectivity index (χ3n) is 4.47. The van der Waals surface area contributed by atoms with E-state index in [9.17, 15) is 14.7 Å². The van der Waals surface area contributed by atoms with Crippen LogP contribution in [-0.2, 0) is 17.8 Å². The van der Waals surface area contributed by atoms with Crippen LogP contribution in [0.4, 0.5) is 4.79 Å². The predicted octanol–water partition coefficient (Wildman–Crippen LogP) is 3.18. The molecule has 1 aliphatic heterocycles. The number of H-pyrrole nitrogens is 1. The topological polar surface area (TPSA) is 82.6 Å². The SMILES string of the molecule is O=C(O)C1Cc2c([nH]c3ccccc23)CN1C(=O)Oc1ccccc1. The molecule has 3 aromatic rings. The largest absolute Gasteiger partial charge is 0.480 e. The molecular weight excluding hydrogens is 320 g/mol. The van der Waals surface area contributed by atoms with E-state index < -0.39 is 18.1 Å². The Morgan fingerprint density at radius 2 is 1.80 bits per heavy atom. The summed E-state index contributed by atoms with van der Waals surface area (Å²) in [7, 11) is 0. The minimum Gasteiger partial charge on any atom is -0.480 e. The van der Waals surface area contributed by atoms with Crippen molar-refractivity contribution in [3.63, 3.8) is 0 Å². The highest BCUT2D eigenvalue weighted by Gasteiger charge is 2.37. The molecule has 0 aliphatic carbocycles. The lowest BCUT2D eigenvalue weighted by atomic mass is 9.97. The highest BCUT2D eigenvalue weighted by molar-refractivity contribution is 5.88. The van der Waals surface area contributed by atoms with Crippen LogP contribution in [0.2, 0.25) is 0 Å². The Labute approximate surface area is 143 Å². The van der Waals surface area contributed by atoms with E-state index in [1.807, 2.05) is 30.3 Å². The summed E-state index contributed by atoms with van der Waals surface area (Å²) in [5.41, 5.74) is 2.74. The molecule has 1 amide bonds. The first kappa shape index (κ1) is 15.3. The Kier molecular flexibility index (Phi) is 3.65. The average molecular weight is 336 g/mol. The van der Waals surface area contributed by atoms with Crippen LogP contribution in [0.15, 0.2) is 54.6 Å². The van der Waals surface area contributed by atoms with Crippen molar-refractivity contribution in [1.29, 1.82) is 0 Å². The van der Waals surface area contributed by atoms with E-state index in [-0.39, 0.29) is 13.0 Å². The second-order valence-electron chi connectivity index (χ2n) is 5.99. The van der Waals surface area contributed by atoms with E-state index in [1.54, 1.807) is 24.3 Å². The molecule has 0 radical (unpaired) electrons. The predicted molar refractivity (Wildman–Crippen MR) is 91.4 cm³/mol. The summed E-state index contributed by atoms with van der Waals surface area (Å²) in [4.78, 5) is 28.8. The van der Waals surface area contributed by atoms with Gasteiger partial charge in [-0.15, -0.1) is 0 Å². The van der Waals surface area contributed by atoms with Crippen molar-refractivity contribution in [1.82, 2.24) is 9.88 Å². The normalized spacial score (nSPS) is 16.5. The summed E-state index contributed by atoms with van der Waals surface area (Å²) in [5, 5.41) is 10.6. The number of carbonyl (C=O) groups is 2. The summed E-state index contributed by atoms with van der Waals surface area (Å²) >= 11 is 0. The van der Waals surface area contributed by atoms with E-state index in [4.69, 9.17) is 4.74 Å². The number of hydrogen-bond donors (Lipinski definition) is 2. The number of para-hydroxylation sites is 2. The number of carbonyl (C=O) groups excluding carboxylic acids is 1. The van der Waals surface area contributed by atoms with Crippen molar-refractivity contribution in [2.75, 3.05) is 0 Å². The van der Waals surface area contributed by atoms with Gasteiger partial charge in [0.1, 0.15) is 11.8 Å². The van der Waals surface area contributed by atoms with Crippen LogP contribution in [0.1, 0.15) is 11.3 Å². The maximum absolute atomic E-state index is 12.5. The fraction of sp³-hybridized carbons (Fsp3) is 0.158. The lowest BCUT2D eigenvalue weighted by Crippen LogP contribution is -2.49. The summed E-state index contributed by atoms with van der Waals surface area (Å²) in [5.74, 6) is -0.653. The highest BCUT2D eigenvalue weighted by atomic mass is 16.6. The van der Waals surface area contributed by atoms with Gasteiger partial charge in [-0.05, 0) is 23.8 Å². The maximum Gasteiger partial charge on any atom is 0.416 e. The van der Waals surface area contributed by atoms with Crippen LogP contribution in [-0.4, -0.2) is 33.1 Å². The Bertz CT molecular complexity index is 948. The van der Waals surface area contributed by atoms with Gasteiger partial charge < -0.3 is 14.8 Å². The van der Waals surface area contributed by atoms with Gasteiger partial charge in [0.05, 0.1) is 6.54 Å². The van der Waals surface area contributed by atoms with Gasteiger partial charge in [0, 0.05) is 23.0 Å². The Morgan fingerprint density at radius 3 is 2.56 bits per heavy atom. The van der Waals surface area contributed by atoms with Crippen LogP contribution in [0.25, 0.3) is 10.9 Å². The lowest BCUT2D eigenvalue weighted by molar-refractivity contribution is -0.143. The molecule has 126 valence electrons. The fourth-order valence-electron chi connectivity index (χ4n) is 3.27. The molecule has 6 nitrogen and oxygen atoms in total.